The molecular formula is C12H16FNO4S. The molecule has 0 bridgehead atoms. The molecule has 7 heteroatoms. The van der Waals surface area contributed by atoms with Gasteiger partial charge in [-0.15, -0.1) is 0 Å². The fourth-order valence-corrected chi connectivity index (χ4v) is 3.73. The predicted molar refractivity (Wildman–Crippen MR) is 68.2 cm³/mol. The quantitative estimate of drug-likeness (QED) is 0.821. The summed E-state index contributed by atoms with van der Waals surface area (Å²) in [6.07, 6.45) is -1.84. The number of hydrogen-bond acceptors (Lipinski definition) is 5. The lowest BCUT2D eigenvalue weighted by Gasteiger charge is -2.18. The fraction of sp³-hybridized carbons (Fsp3) is 0.500. The van der Waals surface area contributed by atoms with E-state index in [-0.39, 0.29) is 11.5 Å². The molecule has 1 aliphatic heterocycles. The molecule has 1 aromatic carbocycles. The van der Waals surface area contributed by atoms with Crippen molar-refractivity contribution in [2.45, 2.75) is 18.8 Å². The van der Waals surface area contributed by atoms with Gasteiger partial charge >= 0.3 is 0 Å². The van der Waals surface area contributed by atoms with Crippen LogP contribution in [0.3, 0.4) is 0 Å². The summed E-state index contributed by atoms with van der Waals surface area (Å²) in [5, 5.41) is 12.5. The van der Waals surface area contributed by atoms with Gasteiger partial charge in [-0.25, -0.2) is 12.8 Å². The molecule has 2 unspecified atom stereocenters. The first-order chi connectivity index (χ1) is 8.91. The number of hydrogen-bond donors (Lipinski definition) is 2. The molecule has 1 aromatic rings. The van der Waals surface area contributed by atoms with Crippen molar-refractivity contribution in [3.05, 3.63) is 29.6 Å². The lowest BCUT2D eigenvalue weighted by molar-refractivity contribution is 0.0730. The molecule has 2 rings (SSSR count). The Kier molecular flexibility index (Phi) is 4.07. The van der Waals surface area contributed by atoms with Crippen molar-refractivity contribution in [2.75, 3.05) is 18.6 Å². The Morgan fingerprint density at radius 1 is 1.47 bits per heavy atom. The summed E-state index contributed by atoms with van der Waals surface area (Å²) in [6, 6.07) is 4.01. The minimum absolute atomic E-state index is 0.218. The predicted octanol–water partition coefficient (Wildman–Crippen LogP) is 0.0818. The first kappa shape index (κ1) is 14.2. The molecule has 0 spiro atoms. The SMILES string of the molecule is CNCc1cc(F)ccc1OC1CS(=O)(=O)CC1O. The monoisotopic (exact) mass is 289 g/mol. The minimum atomic E-state index is -3.26. The van der Waals surface area contributed by atoms with Gasteiger partial charge in [0, 0.05) is 12.1 Å². The number of nitrogens with one attached hydrogen (secondary N) is 1. The van der Waals surface area contributed by atoms with E-state index in [0.717, 1.165) is 0 Å². The van der Waals surface area contributed by atoms with Crippen LogP contribution in [0.5, 0.6) is 5.75 Å². The van der Waals surface area contributed by atoms with E-state index in [9.17, 15) is 17.9 Å². The van der Waals surface area contributed by atoms with Gasteiger partial charge < -0.3 is 15.2 Å². The Bertz CT molecular complexity index is 561. The molecule has 1 saturated heterocycles. The third kappa shape index (κ3) is 3.43. The van der Waals surface area contributed by atoms with Gasteiger partial charge in [0.1, 0.15) is 23.8 Å². The van der Waals surface area contributed by atoms with Crippen LogP contribution < -0.4 is 10.1 Å². The van der Waals surface area contributed by atoms with E-state index in [2.05, 4.69) is 5.32 Å². The molecule has 1 aliphatic rings. The van der Waals surface area contributed by atoms with Gasteiger partial charge in [-0.2, -0.15) is 0 Å². The van der Waals surface area contributed by atoms with Crippen LogP contribution >= 0.6 is 0 Å². The highest BCUT2D eigenvalue weighted by molar-refractivity contribution is 7.91. The van der Waals surface area contributed by atoms with Crippen LogP contribution in [-0.4, -0.2) is 44.3 Å². The highest BCUT2D eigenvalue weighted by Gasteiger charge is 2.38. The maximum absolute atomic E-state index is 13.2. The topological polar surface area (TPSA) is 75.6 Å². The van der Waals surface area contributed by atoms with Crippen LogP contribution in [0.15, 0.2) is 18.2 Å². The first-order valence-corrected chi connectivity index (χ1v) is 7.71. The number of ether oxygens (including phenoxy) is 1. The van der Waals surface area contributed by atoms with Crippen molar-refractivity contribution < 1.29 is 22.7 Å². The number of benzene rings is 1. The van der Waals surface area contributed by atoms with Crippen molar-refractivity contribution in [3.63, 3.8) is 0 Å². The van der Waals surface area contributed by atoms with Crippen molar-refractivity contribution in [1.29, 1.82) is 0 Å². The lowest BCUT2D eigenvalue weighted by Crippen LogP contribution is -2.30. The number of aliphatic hydroxyl groups is 1. The molecule has 1 fully saturated rings. The highest BCUT2D eigenvalue weighted by Crippen LogP contribution is 2.24. The van der Waals surface area contributed by atoms with E-state index in [1.165, 1.54) is 18.2 Å². The molecule has 0 amide bonds. The second kappa shape index (κ2) is 5.44. The van der Waals surface area contributed by atoms with E-state index in [1.54, 1.807) is 7.05 Å². The van der Waals surface area contributed by atoms with Crippen LogP contribution in [0.2, 0.25) is 0 Å². The third-order valence-electron chi connectivity index (χ3n) is 2.94. The zero-order valence-electron chi connectivity index (χ0n) is 10.5. The number of halogens is 1. The van der Waals surface area contributed by atoms with Crippen molar-refractivity contribution >= 4 is 9.84 Å². The zero-order valence-corrected chi connectivity index (χ0v) is 11.3. The van der Waals surface area contributed by atoms with E-state index < -0.39 is 27.9 Å². The normalized spacial score (nSPS) is 25.4. The molecule has 0 saturated carbocycles. The van der Waals surface area contributed by atoms with E-state index >= 15 is 0 Å². The maximum atomic E-state index is 13.2. The van der Waals surface area contributed by atoms with Gasteiger partial charge in [0.25, 0.3) is 0 Å². The highest BCUT2D eigenvalue weighted by atomic mass is 32.2. The van der Waals surface area contributed by atoms with Gasteiger partial charge in [0.15, 0.2) is 9.84 Å². The summed E-state index contributed by atoms with van der Waals surface area (Å²) in [5.41, 5.74) is 0.582. The Balaban J connectivity index is 2.19. The fourth-order valence-electron chi connectivity index (χ4n) is 2.06. The van der Waals surface area contributed by atoms with Crippen LogP contribution in [0.1, 0.15) is 5.56 Å². The Hall–Kier alpha value is -1.18. The van der Waals surface area contributed by atoms with Crippen LogP contribution in [0, 0.1) is 5.82 Å². The number of rotatable bonds is 4. The maximum Gasteiger partial charge on any atom is 0.156 e. The lowest BCUT2D eigenvalue weighted by atomic mass is 10.2. The van der Waals surface area contributed by atoms with Crippen LogP contribution in [0.25, 0.3) is 0 Å². The summed E-state index contributed by atoms with van der Waals surface area (Å²) in [7, 11) is -1.55. The van der Waals surface area contributed by atoms with Crippen molar-refractivity contribution in [3.8, 4) is 5.75 Å². The molecule has 1 heterocycles. The van der Waals surface area contributed by atoms with E-state index in [4.69, 9.17) is 4.74 Å². The smallest absolute Gasteiger partial charge is 0.156 e. The van der Waals surface area contributed by atoms with Crippen molar-refractivity contribution in [2.24, 2.45) is 0 Å². The Labute approximate surface area is 111 Å². The molecule has 2 atom stereocenters. The average molecular weight is 289 g/mol. The van der Waals surface area contributed by atoms with Gasteiger partial charge in [-0.05, 0) is 25.2 Å². The van der Waals surface area contributed by atoms with Gasteiger partial charge in [0.05, 0.1) is 11.5 Å². The third-order valence-corrected chi connectivity index (χ3v) is 4.63. The Morgan fingerprint density at radius 2 is 2.21 bits per heavy atom. The molecule has 106 valence electrons. The second-order valence-corrected chi connectivity index (χ2v) is 6.74. The molecule has 0 aromatic heterocycles. The molecule has 2 N–H and O–H groups in total. The van der Waals surface area contributed by atoms with E-state index in [1.807, 2.05) is 0 Å². The average Bonchev–Trinajstić information content (AvgIpc) is 2.56. The van der Waals surface area contributed by atoms with E-state index in [0.29, 0.717) is 17.9 Å². The standard InChI is InChI=1S/C12H16FNO4S/c1-14-5-8-4-9(13)2-3-11(8)18-12-7-19(16,17)6-10(12)15/h2-4,10,12,14-15H,5-7H2,1H3. The van der Waals surface area contributed by atoms with Crippen LogP contribution in [-0.2, 0) is 16.4 Å². The van der Waals surface area contributed by atoms with Crippen LogP contribution in [0.4, 0.5) is 4.39 Å². The summed E-state index contributed by atoms with van der Waals surface area (Å²) >= 11 is 0. The number of sulfone groups is 1. The molecule has 0 radical (unpaired) electrons. The number of aliphatic hydroxyl groups excluding tert-OH is 1. The first-order valence-electron chi connectivity index (χ1n) is 5.89. The van der Waals surface area contributed by atoms with Gasteiger partial charge in [0.2, 0.25) is 0 Å². The molecule has 19 heavy (non-hydrogen) atoms. The summed E-state index contributed by atoms with van der Waals surface area (Å²) < 4.78 is 41.5. The molecular weight excluding hydrogens is 273 g/mol. The second-order valence-electron chi connectivity index (χ2n) is 4.58. The summed E-state index contributed by atoms with van der Waals surface area (Å²) in [6.45, 7) is 0.392. The largest absolute Gasteiger partial charge is 0.486 e. The summed E-state index contributed by atoms with van der Waals surface area (Å²) in [4.78, 5) is 0. The zero-order chi connectivity index (χ0) is 14.0. The van der Waals surface area contributed by atoms with Gasteiger partial charge in [-0.3, -0.25) is 0 Å². The molecule has 0 aliphatic carbocycles. The Morgan fingerprint density at radius 3 is 2.79 bits per heavy atom. The van der Waals surface area contributed by atoms with Gasteiger partial charge in [-0.1, -0.05) is 0 Å². The summed E-state index contributed by atoms with van der Waals surface area (Å²) in [5.74, 6) is -0.515. The minimum Gasteiger partial charge on any atom is -0.486 e. The molecule has 5 nitrogen and oxygen atoms in total. The van der Waals surface area contributed by atoms with Crippen molar-refractivity contribution in [1.82, 2.24) is 5.32 Å².